The molecule has 2 rings (SSSR count). The van der Waals surface area contributed by atoms with E-state index in [4.69, 9.17) is 4.42 Å². The smallest absolute Gasteiger partial charge is 0.191 e. The van der Waals surface area contributed by atoms with Gasteiger partial charge in [0.1, 0.15) is 24.5 Å². The number of aryl methyl sites for hydroxylation is 1. The molecule has 0 radical (unpaired) electrons. The zero-order chi connectivity index (χ0) is 19.3. The quantitative estimate of drug-likeness (QED) is 0.337. The topological polar surface area (TPSA) is 80.3 Å². The maximum Gasteiger partial charge on any atom is 0.191 e. The van der Waals surface area contributed by atoms with Crippen molar-refractivity contribution in [1.29, 1.82) is 0 Å². The number of furan rings is 1. The summed E-state index contributed by atoms with van der Waals surface area (Å²) in [5.74, 6) is 2.68. The van der Waals surface area contributed by atoms with Crippen LogP contribution in [0.3, 0.4) is 0 Å². The molecule has 7 nitrogen and oxygen atoms in total. The molecule has 0 aliphatic heterocycles. The Morgan fingerprint density at radius 1 is 1.30 bits per heavy atom. The summed E-state index contributed by atoms with van der Waals surface area (Å²) in [4.78, 5) is 4.67. The molecule has 0 fully saturated rings. The largest absolute Gasteiger partial charge is 0.467 e. The van der Waals surface area contributed by atoms with Gasteiger partial charge in [0.15, 0.2) is 5.96 Å². The van der Waals surface area contributed by atoms with Gasteiger partial charge in [-0.2, -0.15) is 0 Å². The number of rotatable bonds is 12. The standard InChI is InChI=1S/C20H34N6O/c1-4-6-7-8-10-17(3)24-20(22-15-18-11-9-14-27-18)21-12-13-26-16-23-25-19(26)5-2/h9,11,14,16-17H,4-8,10,12-13,15H2,1-3H3,(H2,21,22,24). The molecule has 0 aliphatic carbocycles. The first kappa shape index (κ1) is 21.0. The van der Waals surface area contributed by atoms with E-state index in [0.29, 0.717) is 12.6 Å². The maximum absolute atomic E-state index is 5.39. The van der Waals surface area contributed by atoms with Crippen LogP contribution in [0.5, 0.6) is 0 Å². The van der Waals surface area contributed by atoms with Gasteiger partial charge >= 0.3 is 0 Å². The van der Waals surface area contributed by atoms with Crippen LogP contribution in [-0.2, 0) is 19.5 Å². The van der Waals surface area contributed by atoms with Gasteiger partial charge in [-0.15, -0.1) is 10.2 Å². The normalized spacial score (nSPS) is 12.9. The van der Waals surface area contributed by atoms with Crippen LogP contribution >= 0.6 is 0 Å². The molecule has 0 saturated carbocycles. The molecule has 0 aromatic carbocycles. The molecule has 2 N–H and O–H groups in total. The lowest BCUT2D eigenvalue weighted by atomic mass is 10.1. The second-order valence-electron chi connectivity index (χ2n) is 6.86. The molecule has 0 aliphatic rings. The number of guanidine groups is 1. The van der Waals surface area contributed by atoms with E-state index in [-0.39, 0.29) is 0 Å². The molecule has 2 aromatic heterocycles. The highest BCUT2D eigenvalue weighted by Crippen LogP contribution is 2.06. The first-order valence-corrected chi connectivity index (χ1v) is 10.2. The summed E-state index contributed by atoms with van der Waals surface area (Å²) < 4.78 is 7.47. The molecule has 2 heterocycles. The van der Waals surface area contributed by atoms with E-state index < -0.39 is 0 Å². The molecule has 1 atom stereocenters. The van der Waals surface area contributed by atoms with Crippen LogP contribution < -0.4 is 10.6 Å². The maximum atomic E-state index is 5.39. The summed E-state index contributed by atoms with van der Waals surface area (Å²) in [5.41, 5.74) is 0. The number of nitrogens with zero attached hydrogens (tertiary/aromatic N) is 4. The predicted molar refractivity (Wildman–Crippen MR) is 109 cm³/mol. The Bertz CT molecular complexity index is 649. The van der Waals surface area contributed by atoms with Gasteiger partial charge in [0, 0.05) is 25.6 Å². The van der Waals surface area contributed by atoms with Crippen molar-refractivity contribution in [3.05, 3.63) is 36.3 Å². The number of aliphatic imine (C=N–C) groups is 1. The summed E-state index contributed by atoms with van der Waals surface area (Å²) in [6, 6.07) is 4.21. The monoisotopic (exact) mass is 374 g/mol. The number of unbranched alkanes of at least 4 members (excludes halogenated alkanes) is 3. The number of hydrogen-bond donors (Lipinski definition) is 2. The average Bonchev–Trinajstić information content (AvgIpc) is 3.34. The van der Waals surface area contributed by atoms with Crippen LogP contribution in [0.4, 0.5) is 0 Å². The van der Waals surface area contributed by atoms with Gasteiger partial charge in [-0.05, 0) is 25.5 Å². The summed E-state index contributed by atoms with van der Waals surface area (Å²) in [6.07, 6.45) is 10.6. The predicted octanol–water partition coefficient (Wildman–Crippen LogP) is 3.53. The van der Waals surface area contributed by atoms with Crippen LogP contribution in [0, 0.1) is 0 Å². The lowest BCUT2D eigenvalue weighted by molar-refractivity contribution is 0.508. The molecule has 150 valence electrons. The first-order chi connectivity index (χ1) is 13.2. The van der Waals surface area contributed by atoms with E-state index in [1.54, 1.807) is 12.6 Å². The van der Waals surface area contributed by atoms with Gasteiger partial charge in [0.2, 0.25) is 0 Å². The average molecular weight is 375 g/mol. The zero-order valence-corrected chi connectivity index (χ0v) is 16.9. The second kappa shape index (κ2) is 12.1. The number of hydrogen-bond acceptors (Lipinski definition) is 4. The van der Waals surface area contributed by atoms with E-state index >= 15 is 0 Å². The number of aromatic nitrogens is 3. The molecule has 27 heavy (non-hydrogen) atoms. The Kier molecular flexibility index (Phi) is 9.44. The summed E-state index contributed by atoms with van der Waals surface area (Å²) in [7, 11) is 0. The summed E-state index contributed by atoms with van der Waals surface area (Å²) >= 11 is 0. The summed E-state index contributed by atoms with van der Waals surface area (Å²) in [6.45, 7) is 8.64. The molecule has 2 aromatic rings. The zero-order valence-electron chi connectivity index (χ0n) is 16.9. The van der Waals surface area contributed by atoms with Gasteiger partial charge in [0.05, 0.1) is 6.26 Å². The SMILES string of the molecule is CCCCCCC(C)NC(=NCc1ccco1)NCCn1cnnc1CC. The van der Waals surface area contributed by atoms with E-state index in [1.165, 1.54) is 25.7 Å². The highest BCUT2D eigenvalue weighted by atomic mass is 16.3. The van der Waals surface area contributed by atoms with Crippen LogP contribution in [0.15, 0.2) is 34.1 Å². The van der Waals surface area contributed by atoms with Crippen molar-refractivity contribution in [2.75, 3.05) is 6.54 Å². The molecule has 0 amide bonds. The van der Waals surface area contributed by atoms with Crippen molar-refractivity contribution in [3.63, 3.8) is 0 Å². The lowest BCUT2D eigenvalue weighted by Gasteiger charge is -2.18. The van der Waals surface area contributed by atoms with E-state index in [1.807, 2.05) is 12.1 Å². The van der Waals surface area contributed by atoms with Gasteiger partial charge in [-0.3, -0.25) is 0 Å². The minimum Gasteiger partial charge on any atom is -0.467 e. The third-order valence-corrected chi connectivity index (χ3v) is 4.50. The third kappa shape index (κ3) is 7.85. The molecule has 0 spiro atoms. The van der Waals surface area contributed by atoms with Crippen LogP contribution in [-0.4, -0.2) is 33.3 Å². The van der Waals surface area contributed by atoms with Crippen molar-refractivity contribution in [3.8, 4) is 0 Å². The molecule has 7 heteroatoms. The molecule has 0 saturated heterocycles. The van der Waals surface area contributed by atoms with Crippen LogP contribution in [0.2, 0.25) is 0 Å². The minimum atomic E-state index is 0.380. The molecule has 0 bridgehead atoms. The molecular formula is C20H34N6O. The van der Waals surface area contributed by atoms with Gasteiger partial charge < -0.3 is 19.6 Å². The summed E-state index contributed by atoms with van der Waals surface area (Å²) in [5, 5.41) is 15.1. The highest BCUT2D eigenvalue weighted by Gasteiger charge is 2.07. The van der Waals surface area contributed by atoms with E-state index in [0.717, 1.165) is 43.5 Å². The Morgan fingerprint density at radius 2 is 2.19 bits per heavy atom. The minimum absolute atomic E-state index is 0.380. The fourth-order valence-corrected chi connectivity index (χ4v) is 2.93. The second-order valence-corrected chi connectivity index (χ2v) is 6.86. The van der Waals surface area contributed by atoms with E-state index in [2.05, 4.69) is 51.2 Å². The first-order valence-electron chi connectivity index (χ1n) is 10.2. The van der Waals surface area contributed by atoms with Crippen LogP contribution in [0.1, 0.15) is 64.5 Å². The highest BCUT2D eigenvalue weighted by molar-refractivity contribution is 5.80. The van der Waals surface area contributed by atoms with Gasteiger partial charge in [-0.1, -0.05) is 39.5 Å². The van der Waals surface area contributed by atoms with Gasteiger partial charge in [0.25, 0.3) is 0 Å². The molecule has 1 unspecified atom stereocenters. The van der Waals surface area contributed by atoms with Crippen molar-refractivity contribution in [1.82, 2.24) is 25.4 Å². The van der Waals surface area contributed by atoms with Crippen molar-refractivity contribution >= 4 is 5.96 Å². The third-order valence-electron chi connectivity index (χ3n) is 4.50. The Balaban J connectivity index is 1.85. The van der Waals surface area contributed by atoms with E-state index in [9.17, 15) is 0 Å². The van der Waals surface area contributed by atoms with Gasteiger partial charge in [-0.25, -0.2) is 4.99 Å². The fourth-order valence-electron chi connectivity index (χ4n) is 2.93. The van der Waals surface area contributed by atoms with Crippen molar-refractivity contribution < 1.29 is 4.42 Å². The fraction of sp³-hybridized carbons (Fsp3) is 0.650. The lowest BCUT2D eigenvalue weighted by Crippen LogP contribution is -2.43. The molecular weight excluding hydrogens is 340 g/mol. The van der Waals surface area contributed by atoms with Crippen LogP contribution in [0.25, 0.3) is 0 Å². The Hall–Kier alpha value is -2.31. The Morgan fingerprint density at radius 3 is 2.93 bits per heavy atom. The van der Waals surface area contributed by atoms with Crippen molar-refractivity contribution in [2.24, 2.45) is 4.99 Å². The Labute approximate surface area is 162 Å². The van der Waals surface area contributed by atoms with Crippen molar-refractivity contribution in [2.45, 2.75) is 78.4 Å². The number of nitrogens with one attached hydrogen (secondary N) is 2.